The summed E-state index contributed by atoms with van der Waals surface area (Å²) in [6, 6.07) is 24.6. The zero-order valence-corrected chi connectivity index (χ0v) is 28.5. The SMILES string of the molecule is Cc1ccnc(N2CCc3nc(COc4ccccc4)oc3C2=O)c1.Cc1cnc(N2CCc3nc(COc4ccccc4)oc3C2=O)cc1C. The molecule has 258 valence electrons. The van der Waals surface area contributed by atoms with Gasteiger partial charge in [-0.3, -0.25) is 19.4 Å². The zero-order chi connectivity index (χ0) is 35.3. The van der Waals surface area contributed by atoms with Crippen LogP contribution in [0, 0.1) is 20.8 Å². The fraction of sp³-hybridized carbons (Fsp3) is 0.231. The van der Waals surface area contributed by atoms with Gasteiger partial charge >= 0.3 is 0 Å². The van der Waals surface area contributed by atoms with Gasteiger partial charge in [0.15, 0.2) is 13.2 Å². The van der Waals surface area contributed by atoms with Gasteiger partial charge in [0.05, 0.1) is 11.4 Å². The fourth-order valence-electron chi connectivity index (χ4n) is 5.67. The van der Waals surface area contributed by atoms with Crippen LogP contribution in [-0.4, -0.2) is 44.8 Å². The number of carbonyl (C=O) groups excluding carboxylic acids is 2. The van der Waals surface area contributed by atoms with E-state index in [-0.39, 0.29) is 36.5 Å². The van der Waals surface area contributed by atoms with Gasteiger partial charge in [-0.1, -0.05) is 36.4 Å². The van der Waals surface area contributed by atoms with Crippen molar-refractivity contribution in [1.29, 1.82) is 0 Å². The van der Waals surface area contributed by atoms with Crippen molar-refractivity contribution in [2.45, 2.75) is 46.8 Å². The maximum absolute atomic E-state index is 12.8. The predicted octanol–water partition coefficient (Wildman–Crippen LogP) is 6.63. The Balaban J connectivity index is 0.000000159. The van der Waals surface area contributed by atoms with Crippen molar-refractivity contribution in [2.75, 3.05) is 22.9 Å². The Hall–Kier alpha value is -6.30. The zero-order valence-electron chi connectivity index (χ0n) is 28.5. The summed E-state index contributed by atoms with van der Waals surface area (Å²) >= 11 is 0. The highest BCUT2D eigenvalue weighted by Crippen LogP contribution is 2.27. The van der Waals surface area contributed by atoms with Gasteiger partial charge in [-0.2, -0.15) is 0 Å². The van der Waals surface area contributed by atoms with Gasteiger partial charge in [0, 0.05) is 38.3 Å². The summed E-state index contributed by atoms with van der Waals surface area (Å²) in [5.74, 6) is 3.69. The molecular weight excluding hydrogens is 648 g/mol. The highest BCUT2D eigenvalue weighted by atomic mass is 16.5. The molecule has 6 heterocycles. The van der Waals surface area contributed by atoms with Crippen LogP contribution in [0.15, 0.2) is 100 Å². The van der Waals surface area contributed by atoms with Crippen molar-refractivity contribution >= 4 is 23.5 Å². The Bertz CT molecular complexity index is 2160. The van der Waals surface area contributed by atoms with Crippen molar-refractivity contribution in [3.63, 3.8) is 0 Å². The number of carbonyl (C=O) groups is 2. The molecule has 0 unspecified atom stereocenters. The molecular formula is C39H36N6O6. The molecule has 8 rings (SSSR count). The van der Waals surface area contributed by atoms with E-state index in [1.54, 1.807) is 22.2 Å². The summed E-state index contributed by atoms with van der Waals surface area (Å²) < 4.78 is 22.6. The molecule has 51 heavy (non-hydrogen) atoms. The van der Waals surface area contributed by atoms with Crippen LogP contribution in [0.3, 0.4) is 0 Å². The number of rotatable bonds is 8. The smallest absolute Gasteiger partial charge is 0.297 e. The Morgan fingerprint density at radius 1 is 0.647 bits per heavy atom. The van der Waals surface area contributed by atoms with Gasteiger partial charge in [0.2, 0.25) is 23.3 Å². The van der Waals surface area contributed by atoms with Crippen LogP contribution in [0.5, 0.6) is 11.5 Å². The third kappa shape index (κ3) is 7.49. The first-order valence-corrected chi connectivity index (χ1v) is 16.6. The minimum atomic E-state index is -0.210. The second-order valence-corrected chi connectivity index (χ2v) is 12.2. The lowest BCUT2D eigenvalue weighted by Crippen LogP contribution is -2.37. The summed E-state index contributed by atoms with van der Waals surface area (Å²) in [5.41, 5.74) is 4.61. The number of aryl methyl sites for hydroxylation is 3. The van der Waals surface area contributed by atoms with Gasteiger partial charge in [-0.05, 0) is 79.9 Å². The molecule has 2 amide bonds. The standard InChI is InChI=1S/C20H19N3O3.C19H17N3O3/c1-13-10-17(21-11-14(13)2)23-9-8-16-19(20(23)24)26-18(22-16)12-25-15-6-4-3-5-7-15;1-13-7-9-20-16(11-13)22-10-8-15-18(19(22)23)25-17(21-15)12-24-14-5-3-2-4-6-14/h3-7,10-11H,8-9,12H2,1-2H3;2-7,9,11H,8,10,12H2,1H3. The number of fused-ring (bicyclic) bond motifs is 2. The second kappa shape index (κ2) is 14.7. The van der Waals surface area contributed by atoms with Gasteiger partial charge in [0.1, 0.15) is 23.1 Å². The Kier molecular flexibility index (Phi) is 9.55. The lowest BCUT2D eigenvalue weighted by molar-refractivity contribution is 0.0940. The first-order chi connectivity index (χ1) is 24.8. The molecule has 0 saturated heterocycles. The average Bonchev–Trinajstić information content (AvgIpc) is 3.78. The quantitative estimate of drug-likeness (QED) is 0.172. The van der Waals surface area contributed by atoms with Crippen molar-refractivity contribution in [1.82, 2.24) is 19.9 Å². The number of anilines is 2. The number of nitrogens with zero attached hydrogens (tertiary/aromatic N) is 6. The van der Waals surface area contributed by atoms with Crippen LogP contribution in [0.2, 0.25) is 0 Å². The first kappa shape index (κ1) is 33.2. The third-order valence-electron chi connectivity index (χ3n) is 8.53. The van der Waals surface area contributed by atoms with E-state index < -0.39 is 0 Å². The van der Waals surface area contributed by atoms with Crippen LogP contribution in [-0.2, 0) is 26.1 Å². The lowest BCUT2D eigenvalue weighted by atomic mass is 10.1. The molecule has 0 radical (unpaired) electrons. The van der Waals surface area contributed by atoms with Crippen LogP contribution >= 0.6 is 0 Å². The second-order valence-electron chi connectivity index (χ2n) is 12.2. The molecule has 2 aromatic carbocycles. The van der Waals surface area contributed by atoms with E-state index in [1.807, 2.05) is 99.6 Å². The highest BCUT2D eigenvalue weighted by molar-refractivity contribution is 6.06. The van der Waals surface area contributed by atoms with Gasteiger partial charge < -0.3 is 18.3 Å². The van der Waals surface area contributed by atoms with Gasteiger partial charge in [-0.15, -0.1) is 0 Å². The molecule has 2 aliphatic heterocycles. The minimum absolute atomic E-state index is 0.187. The van der Waals surface area contributed by atoms with E-state index in [2.05, 4.69) is 19.9 Å². The first-order valence-electron chi connectivity index (χ1n) is 16.6. The molecule has 0 bridgehead atoms. The predicted molar refractivity (Wildman–Crippen MR) is 188 cm³/mol. The summed E-state index contributed by atoms with van der Waals surface area (Å²) in [6.45, 7) is 7.42. The summed E-state index contributed by atoms with van der Waals surface area (Å²) in [4.78, 5) is 46.3. The Morgan fingerprint density at radius 3 is 1.65 bits per heavy atom. The van der Waals surface area contributed by atoms with Crippen LogP contribution in [0.1, 0.15) is 61.0 Å². The fourth-order valence-corrected chi connectivity index (χ4v) is 5.67. The molecule has 12 heteroatoms. The van der Waals surface area contributed by atoms with Crippen molar-refractivity contribution in [3.05, 3.63) is 143 Å². The summed E-state index contributed by atoms with van der Waals surface area (Å²) in [7, 11) is 0. The number of ether oxygens (including phenoxy) is 2. The number of oxazole rings is 2. The summed E-state index contributed by atoms with van der Waals surface area (Å²) in [5, 5.41) is 0. The molecule has 0 aliphatic carbocycles. The van der Waals surface area contributed by atoms with Crippen molar-refractivity contribution in [3.8, 4) is 11.5 Å². The minimum Gasteiger partial charge on any atom is -0.484 e. The van der Waals surface area contributed by atoms with Crippen LogP contribution in [0.4, 0.5) is 11.6 Å². The molecule has 0 N–H and O–H groups in total. The normalized spacial score (nSPS) is 13.6. The van der Waals surface area contributed by atoms with E-state index >= 15 is 0 Å². The maximum Gasteiger partial charge on any atom is 0.297 e. The average molecular weight is 685 g/mol. The largest absolute Gasteiger partial charge is 0.484 e. The van der Waals surface area contributed by atoms with Crippen LogP contribution < -0.4 is 19.3 Å². The van der Waals surface area contributed by atoms with E-state index in [4.69, 9.17) is 18.3 Å². The monoisotopic (exact) mass is 684 g/mol. The number of hydrogen-bond acceptors (Lipinski definition) is 10. The molecule has 0 fully saturated rings. The Labute approximate surface area is 294 Å². The van der Waals surface area contributed by atoms with Crippen LogP contribution in [0.25, 0.3) is 0 Å². The topological polar surface area (TPSA) is 137 Å². The molecule has 4 aromatic heterocycles. The third-order valence-corrected chi connectivity index (χ3v) is 8.53. The van der Waals surface area contributed by atoms with E-state index in [9.17, 15) is 9.59 Å². The van der Waals surface area contributed by atoms with E-state index in [0.717, 1.165) is 28.2 Å². The Morgan fingerprint density at radius 2 is 1.16 bits per heavy atom. The number of pyridine rings is 2. The van der Waals surface area contributed by atoms with Gasteiger partial charge in [0.25, 0.3) is 11.8 Å². The van der Waals surface area contributed by atoms with E-state index in [0.29, 0.717) is 60.7 Å². The maximum atomic E-state index is 12.8. The molecule has 0 atom stereocenters. The summed E-state index contributed by atoms with van der Waals surface area (Å²) in [6.07, 6.45) is 4.75. The van der Waals surface area contributed by atoms with E-state index in [1.165, 1.54) is 0 Å². The number of aromatic nitrogens is 4. The highest BCUT2D eigenvalue weighted by Gasteiger charge is 2.33. The number of para-hydroxylation sites is 2. The molecule has 0 spiro atoms. The lowest BCUT2D eigenvalue weighted by Gasteiger charge is -2.24. The number of hydrogen-bond donors (Lipinski definition) is 0. The van der Waals surface area contributed by atoms with Gasteiger partial charge in [-0.25, -0.2) is 19.9 Å². The number of amides is 2. The molecule has 0 saturated carbocycles. The number of benzene rings is 2. The molecule has 12 nitrogen and oxygen atoms in total. The molecule has 2 aliphatic rings. The molecule has 6 aromatic rings. The van der Waals surface area contributed by atoms with Crippen molar-refractivity contribution < 1.29 is 27.9 Å². The van der Waals surface area contributed by atoms with Crippen molar-refractivity contribution in [2.24, 2.45) is 0 Å².